The SMILES string of the molecule is COc1ccccc1CNC(=O)C(NC(=O)OC(C)(C)C)C(C)c1ccc2ccccc2c1. The Bertz CT molecular complexity index is 1120. The van der Waals surface area contributed by atoms with Crippen molar-refractivity contribution in [2.75, 3.05) is 7.11 Å². The van der Waals surface area contributed by atoms with Gasteiger partial charge in [0.05, 0.1) is 7.11 Å². The number of rotatable bonds is 7. The molecule has 0 aromatic heterocycles. The molecule has 0 heterocycles. The Morgan fingerprint density at radius 1 is 0.939 bits per heavy atom. The lowest BCUT2D eigenvalue weighted by Gasteiger charge is -2.27. The number of benzene rings is 3. The van der Waals surface area contributed by atoms with E-state index in [1.165, 1.54) is 0 Å². The van der Waals surface area contributed by atoms with Crippen molar-refractivity contribution in [3.05, 3.63) is 77.9 Å². The molecule has 6 nitrogen and oxygen atoms in total. The lowest BCUT2D eigenvalue weighted by atomic mass is 9.91. The summed E-state index contributed by atoms with van der Waals surface area (Å²) in [7, 11) is 1.59. The number of para-hydroxylation sites is 1. The van der Waals surface area contributed by atoms with E-state index >= 15 is 0 Å². The Morgan fingerprint density at radius 3 is 2.30 bits per heavy atom. The second-order valence-corrected chi connectivity index (χ2v) is 9.05. The van der Waals surface area contributed by atoms with Gasteiger partial charge >= 0.3 is 6.09 Å². The van der Waals surface area contributed by atoms with Gasteiger partial charge in [-0.15, -0.1) is 0 Å². The lowest BCUT2D eigenvalue weighted by Crippen LogP contribution is -2.50. The summed E-state index contributed by atoms with van der Waals surface area (Å²) < 4.78 is 10.8. The molecule has 2 N–H and O–H groups in total. The van der Waals surface area contributed by atoms with Gasteiger partial charge in [0.1, 0.15) is 17.4 Å². The minimum atomic E-state index is -0.823. The van der Waals surface area contributed by atoms with Crippen LogP contribution in [0.4, 0.5) is 4.79 Å². The second-order valence-electron chi connectivity index (χ2n) is 9.05. The molecular formula is C27H32N2O4. The van der Waals surface area contributed by atoms with Gasteiger partial charge in [0.15, 0.2) is 0 Å². The highest BCUT2D eigenvalue weighted by molar-refractivity contribution is 5.88. The van der Waals surface area contributed by atoms with Crippen LogP contribution >= 0.6 is 0 Å². The Hall–Kier alpha value is -3.54. The molecule has 0 aliphatic heterocycles. The summed E-state index contributed by atoms with van der Waals surface area (Å²) in [4.78, 5) is 25.8. The standard InChI is InChI=1S/C27H32N2O4/c1-18(20-15-14-19-10-6-7-11-21(19)16-20)24(29-26(31)33-27(2,3)4)25(30)28-17-22-12-8-9-13-23(22)32-5/h6-16,18,24H,17H2,1-5H3,(H,28,30)(H,29,31). The summed E-state index contributed by atoms with van der Waals surface area (Å²) in [6.45, 7) is 7.57. The van der Waals surface area contributed by atoms with Gasteiger partial charge in [0.25, 0.3) is 0 Å². The van der Waals surface area contributed by atoms with Crippen LogP contribution < -0.4 is 15.4 Å². The van der Waals surface area contributed by atoms with E-state index in [0.29, 0.717) is 5.75 Å². The van der Waals surface area contributed by atoms with E-state index in [2.05, 4.69) is 16.7 Å². The summed E-state index contributed by atoms with van der Waals surface area (Å²) in [5, 5.41) is 7.91. The number of amides is 2. The van der Waals surface area contributed by atoms with Crippen LogP contribution in [0.25, 0.3) is 10.8 Å². The molecule has 174 valence electrons. The van der Waals surface area contributed by atoms with Crippen LogP contribution in [0.3, 0.4) is 0 Å². The van der Waals surface area contributed by atoms with Crippen LogP contribution in [0.2, 0.25) is 0 Å². The fourth-order valence-corrected chi connectivity index (χ4v) is 3.68. The molecular weight excluding hydrogens is 416 g/mol. The molecule has 33 heavy (non-hydrogen) atoms. The smallest absolute Gasteiger partial charge is 0.408 e. The van der Waals surface area contributed by atoms with Gasteiger partial charge in [-0.3, -0.25) is 4.79 Å². The van der Waals surface area contributed by atoms with Crippen LogP contribution in [0, 0.1) is 0 Å². The topological polar surface area (TPSA) is 76.7 Å². The van der Waals surface area contributed by atoms with Crippen molar-refractivity contribution in [1.82, 2.24) is 10.6 Å². The van der Waals surface area contributed by atoms with Gasteiger partial charge in [0, 0.05) is 18.0 Å². The second kappa shape index (κ2) is 10.4. The highest BCUT2D eigenvalue weighted by Gasteiger charge is 2.30. The van der Waals surface area contributed by atoms with E-state index in [1.807, 2.05) is 67.6 Å². The van der Waals surface area contributed by atoms with Crippen molar-refractivity contribution in [1.29, 1.82) is 0 Å². The van der Waals surface area contributed by atoms with Crippen LogP contribution in [0.1, 0.15) is 44.7 Å². The van der Waals surface area contributed by atoms with Gasteiger partial charge in [-0.2, -0.15) is 0 Å². The number of hydrogen-bond donors (Lipinski definition) is 2. The predicted molar refractivity (Wildman–Crippen MR) is 130 cm³/mol. The average molecular weight is 449 g/mol. The van der Waals surface area contributed by atoms with E-state index in [4.69, 9.17) is 9.47 Å². The first kappa shape index (κ1) is 24.1. The van der Waals surface area contributed by atoms with Crippen molar-refractivity contribution < 1.29 is 19.1 Å². The van der Waals surface area contributed by atoms with Crippen LogP contribution in [-0.2, 0) is 16.1 Å². The molecule has 3 rings (SSSR count). The summed E-state index contributed by atoms with van der Waals surface area (Å²) in [5.41, 5.74) is 1.12. The van der Waals surface area contributed by atoms with Gasteiger partial charge in [-0.05, 0) is 43.2 Å². The Labute approximate surface area is 195 Å². The number of hydrogen-bond acceptors (Lipinski definition) is 4. The van der Waals surface area contributed by atoms with E-state index in [-0.39, 0.29) is 18.4 Å². The molecule has 3 aromatic carbocycles. The molecule has 2 atom stereocenters. The zero-order valence-corrected chi connectivity index (χ0v) is 19.8. The van der Waals surface area contributed by atoms with Crippen molar-refractivity contribution in [3.63, 3.8) is 0 Å². The minimum absolute atomic E-state index is 0.278. The van der Waals surface area contributed by atoms with Crippen molar-refractivity contribution in [3.8, 4) is 5.75 Å². The quantitative estimate of drug-likeness (QED) is 0.523. The maximum Gasteiger partial charge on any atom is 0.408 e. The van der Waals surface area contributed by atoms with Crippen molar-refractivity contribution in [2.24, 2.45) is 0 Å². The molecule has 2 amide bonds. The van der Waals surface area contributed by atoms with E-state index in [9.17, 15) is 9.59 Å². The normalized spacial score (nSPS) is 13.1. The summed E-state index contributed by atoms with van der Waals surface area (Å²) >= 11 is 0. The third kappa shape index (κ3) is 6.48. The fourth-order valence-electron chi connectivity index (χ4n) is 3.68. The molecule has 0 spiro atoms. The molecule has 0 saturated carbocycles. The first-order chi connectivity index (χ1) is 15.7. The minimum Gasteiger partial charge on any atom is -0.496 e. The van der Waals surface area contributed by atoms with Crippen LogP contribution in [-0.4, -0.2) is 30.8 Å². The van der Waals surface area contributed by atoms with Crippen LogP contribution in [0.5, 0.6) is 5.75 Å². The third-order valence-electron chi connectivity index (χ3n) is 5.40. The van der Waals surface area contributed by atoms with Crippen LogP contribution in [0.15, 0.2) is 66.7 Å². The fraction of sp³-hybridized carbons (Fsp3) is 0.333. The van der Waals surface area contributed by atoms with E-state index in [0.717, 1.165) is 21.9 Å². The number of nitrogens with one attached hydrogen (secondary N) is 2. The Kier molecular flexibility index (Phi) is 7.59. The Morgan fingerprint density at radius 2 is 1.61 bits per heavy atom. The molecule has 3 aromatic rings. The summed E-state index contributed by atoms with van der Waals surface area (Å²) in [5.74, 6) is 0.101. The van der Waals surface area contributed by atoms with Gasteiger partial charge in [-0.1, -0.05) is 67.6 Å². The number of alkyl carbamates (subject to hydrolysis) is 1. The zero-order valence-electron chi connectivity index (χ0n) is 19.8. The molecule has 0 aliphatic rings. The first-order valence-electron chi connectivity index (χ1n) is 11.1. The number of fused-ring (bicyclic) bond motifs is 1. The number of methoxy groups -OCH3 is 1. The highest BCUT2D eigenvalue weighted by atomic mass is 16.6. The van der Waals surface area contributed by atoms with Gasteiger partial charge in [-0.25, -0.2) is 4.79 Å². The van der Waals surface area contributed by atoms with Gasteiger partial charge < -0.3 is 20.1 Å². The molecule has 0 fully saturated rings. The lowest BCUT2D eigenvalue weighted by molar-refractivity contribution is -0.123. The number of ether oxygens (including phenoxy) is 2. The monoisotopic (exact) mass is 448 g/mol. The first-order valence-corrected chi connectivity index (χ1v) is 11.1. The largest absolute Gasteiger partial charge is 0.496 e. The summed E-state index contributed by atoms with van der Waals surface area (Å²) in [6, 6.07) is 20.8. The predicted octanol–water partition coefficient (Wildman–Crippen LogP) is 5.16. The molecule has 6 heteroatoms. The zero-order chi connectivity index (χ0) is 24.0. The maximum atomic E-state index is 13.3. The third-order valence-corrected chi connectivity index (χ3v) is 5.40. The van der Waals surface area contributed by atoms with E-state index < -0.39 is 17.7 Å². The summed E-state index contributed by atoms with van der Waals surface area (Å²) in [6.07, 6.45) is -0.632. The van der Waals surface area contributed by atoms with E-state index in [1.54, 1.807) is 27.9 Å². The molecule has 0 radical (unpaired) electrons. The molecule has 2 unspecified atom stereocenters. The molecule has 0 aliphatic carbocycles. The number of carbonyl (C=O) groups excluding carboxylic acids is 2. The number of carbonyl (C=O) groups is 2. The van der Waals surface area contributed by atoms with Crippen molar-refractivity contribution >= 4 is 22.8 Å². The van der Waals surface area contributed by atoms with Crippen molar-refractivity contribution in [2.45, 2.75) is 51.8 Å². The Balaban J connectivity index is 1.83. The average Bonchev–Trinajstić information content (AvgIpc) is 2.79. The highest BCUT2D eigenvalue weighted by Crippen LogP contribution is 2.25. The maximum absolute atomic E-state index is 13.3. The van der Waals surface area contributed by atoms with Gasteiger partial charge in [0.2, 0.25) is 5.91 Å². The molecule has 0 bridgehead atoms. The molecule has 0 saturated heterocycles.